The van der Waals surface area contributed by atoms with Crippen molar-refractivity contribution in [1.82, 2.24) is 8.87 Å². The van der Waals surface area contributed by atoms with Crippen LogP contribution in [0.3, 0.4) is 0 Å². The standard InChI is InChI=1S/C17H18N4O8S/c1-19(2)30(27,28)13-6-4-5-12(8-13)18-15(22)10-20-9-11(17(24)29-3)7-14(16(20)23)21(25)26/h4-9H,10H2,1-3H3,(H,18,22). The molecule has 13 heteroatoms. The van der Waals surface area contributed by atoms with Gasteiger partial charge in [0.05, 0.1) is 22.5 Å². The molecule has 0 aliphatic rings. The van der Waals surface area contributed by atoms with Crippen molar-refractivity contribution in [2.45, 2.75) is 11.4 Å². The van der Waals surface area contributed by atoms with Crippen LogP contribution in [-0.2, 0) is 26.1 Å². The van der Waals surface area contributed by atoms with Gasteiger partial charge in [-0.05, 0) is 18.2 Å². The highest BCUT2D eigenvalue weighted by Gasteiger charge is 2.22. The normalized spacial score (nSPS) is 11.2. The molecule has 1 heterocycles. The van der Waals surface area contributed by atoms with Crippen molar-refractivity contribution in [3.05, 3.63) is 62.6 Å². The van der Waals surface area contributed by atoms with Crippen LogP contribution in [0, 0.1) is 10.1 Å². The van der Waals surface area contributed by atoms with Gasteiger partial charge in [0.15, 0.2) is 0 Å². The Labute approximate surface area is 170 Å². The maximum Gasteiger partial charge on any atom is 0.339 e. The molecule has 1 aromatic carbocycles. The van der Waals surface area contributed by atoms with E-state index in [0.717, 1.165) is 23.7 Å². The van der Waals surface area contributed by atoms with Gasteiger partial charge in [-0.3, -0.25) is 24.3 Å². The number of rotatable bonds is 7. The number of carbonyl (C=O) groups excluding carboxylic acids is 2. The first kappa shape index (κ1) is 22.7. The van der Waals surface area contributed by atoms with Gasteiger partial charge in [-0.2, -0.15) is 0 Å². The Bertz CT molecular complexity index is 1170. The van der Waals surface area contributed by atoms with Gasteiger partial charge in [0.25, 0.3) is 0 Å². The van der Waals surface area contributed by atoms with E-state index < -0.39 is 44.6 Å². The summed E-state index contributed by atoms with van der Waals surface area (Å²) in [7, 11) is 0.0378. The van der Waals surface area contributed by atoms with E-state index in [2.05, 4.69) is 10.1 Å². The molecular formula is C17H18N4O8S. The van der Waals surface area contributed by atoms with Gasteiger partial charge in [0, 0.05) is 32.0 Å². The lowest BCUT2D eigenvalue weighted by Gasteiger charge is -2.13. The number of pyridine rings is 1. The highest BCUT2D eigenvalue weighted by molar-refractivity contribution is 7.89. The van der Waals surface area contributed by atoms with Crippen molar-refractivity contribution < 1.29 is 27.7 Å². The summed E-state index contributed by atoms with van der Waals surface area (Å²) in [6.07, 6.45) is 0.966. The van der Waals surface area contributed by atoms with Gasteiger partial charge in [0.2, 0.25) is 15.9 Å². The molecular weight excluding hydrogens is 420 g/mol. The van der Waals surface area contributed by atoms with Gasteiger partial charge >= 0.3 is 17.2 Å². The van der Waals surface area contributed by atoms with Crippen molar-refractivity contribution >= 4 is 33.3 Å². The number of hydrogen-bond donors (Lipinski definition) is 1. The lowest BCUT2D eigenvalue weighted by molar-refractivity contribution is -0.386. The Morgan fingerprint density at radius 1 is 1.27 bits per heavy atom. The monoisotopic (exact) mass is 438 g/mol. The molecule has 0 atom stereocenters. The van der Waals surface area contributed by atoms with Crippen LogP contribution < -0.4 is 10.9 Å². The van der Waals surface area contributed by atoms with Crippen molar-refractivity contribution in [2.24, 2.45) is 0 Å². The fourth-order valence-corrected chi connectivity index (χ4v) is 3.35. The molecule has 0 spiro atoms. The predicted octanol–water partition coefficient (Wildman–Crippen LogP) is 0.432. The highest BCUT2D eigenvalue weighted by Crippen LogP contribution is 2.18. The second kappa shape index (κ2) is 8.84. The Hall–Kier alpha value is -3.58. The van der Waals surface area contributed by atoms with Crippen LogP contribution in [0.5, 0.6) is 0 Å². The van der Waals surface area contributed by atoms with E-state index in [4.69, 9.17) is 0 Å². The molecule has 160 valence electrons. The van der Waals surface area contributed by atoms with Crippen molar-refractivity contribution in [3.63, 3.8) is 0 Å². The average Bonchev–Trinajstić information content (AvgIpc) is 2.68. The number of carbonyl (C=O) groups is 2. The number of ether oxygens (including phenoxy) is 1. The number of nitrogens with zero attached hydrogens (tertiary/aromatic N) is 3. The van der Waals surface area contributed by atoms with Crippen LogP contribution in [0.25, 0.3) is 0 Å². The molecule has 1 amide bonds. The number of benzene rings is 1. The fourth-order valence-electron chi connectivity index (χ4n) is 2.40. The molecule has 12 nitrogen and oxygen atoms in total. The minimum Gasteiger partial charge on any atom is -0.465 e. The van der Waals surface area contributed by atoms with Gasteiger partial charge in [0.1, 0.15) is 6.54 Å². The number of methoxy groups -OCH3 is 1. The van der Waals surface area contributed by atoms with Crippen LogP contribution in [0.2, 0.25) is 0 Å². The van der Waals surface area contributed by atoms with E-state index in [0.29, 0.717) is 4.57 Å². The molecule has 0 saturated heterocycles. The minimum absolute atomic E-state index is 0.0641. The zero-order chi connectivity index (χ0) is 22.6. The molecule has 1 N–H and O–H groups in total. The third kappa shape index (κ3) is 4.87. The first-order chi connectivity index (χ1) is 14.0. The smallest absolute Gasteiger partial charge is 0.339 e. The Morgan fingerprint density at radius 3 is 2.50 bits per heavy atom. The molecule has 0 unspecified atom stereocenters. The fraction of sp³-hybridized carbons (Fsp3) is 0.235. The third-order valence-electron chi connectivity index (χ3n) is 3.90. The SMILES string of the molecule is COC(=O)c1cc([N+](=O)[O-])c(=O)n(CC(=O)Nc2cccc(S(=O)(=O)N(C)C)c2)c1. The summed E-state index contributed by atoms with van der Waals surface area (Å²) < 4.78 is 30.6. The second-order valence-corrected chi connectivity index (χ2v) is 8.31. The number of hydrogen-bond acceptors (Lipinski definition) is 8. The lowest BCUT2D eigenvalue weighted by atomic mass is 10.2. The molecule has 2 rings (SSSR count). The average molecular weight is 438 g/mol. The number of nitrogens with one attached hydrogen (secondary N) is 1. The summed E-state index contributed by atoms with van der Waals surface area (Å²) in [6, 6.07) is 6.18. The third-order valence-corrected chi connectivity index (χ3v) is 5.71. The minimum atomic E-state index is -3.73. The number of aromatic nitrogens is 1. The zero-order valence-electron chi connectivity index (χ0n) is 16.2. The van der Waals surface area contributed by atoms with Gasteiger partial charge < -0.3 is 10.1 Å². The summed E-state index contributed by atoms with van der Waals surface area (Å²) >= 11 is 0. The van der Waals surface area contributed by atoms with Gasteiger partial charge in [-0.25, -0.2) is 17.5 Å². The van der Waals surface area contributed by atoms with E-state index in [9.17, 15) is 32.9 Å². The lowest BCUT2D eigenvalue weighted by Crippen LogP contribution is -2.29. The molecule has 30 heavy (non-hydrogen) atoms. The maximum absolute atomic E-state index is 12.3. The molecule has 0 aliphatic carbocycles. The quantitative estimate of drug-likeness (QED) is 0.370. The van der Waals surface area contributed by atoms with E-state index >= 15 is 0 Å². The molecule has 0 aliphatic heterocycles. The molecule has 2 aromatic rings. The van der Waals surface area contributed by atoms with Crippen LogP contribution in [0.1, 0.15) is 10.4 Å². The Morgan fingerprint density at radius 2 is 1.93 bits per heavy atom. The number of amides is 1. The van der Waals surface area contributed by atoms with Gasteiger partial charge in [-0.1, -0.05) is 6.07 Å². The predicted molar refractivity (Wildman–Crippen MR) is 105 cm³/mol. The highest BCUT2D eigenvalue weighted by atomic mass is 32.2. The first-order valence-electron chi connectivity index (χ1n) is 8.27. The zero-order valence-corrected chi connectivity index (χ0v) is 17.0. The first-order valence-corrected chi connectivity index (χ1v) is 9.71. The number of nitro groups is 1. The largest absolute Gasteiger partial charge is 0.465 e. The summed E-state index contributed by atoms with van der Waals surface area (Å²) in [6.45, 7) is -0.658. The van der Waals surface area contributed by atoms with E-state index in [1.165, 1.54) is 38.4 Å². The van der Waals surface area contributed by atoms with Crippen LogP contribution in [0.15, 0.2) is 46.2 Å². The van der Waals surface area contributed by atoms with Crippen molar-refractivity contribution in [2.75, 3.05) is 26.5 Å². The topological polar surface area (TPSA) is 158 Å². The Balaban J connectivity index is 2.33. The second-order valence-electron chi connectivity index (χ2n) is 6.16. The van der Waals surface area contributed by atoms with Gasteiger partial charge in [-0.15, -0.1) is 0 Å². The number of anilines is 1. The van der Waals surface area contributed by atoms with E-state index in [1.54, 1.807) is 0 Å². The van der Waals surface area contributed by atoms with E-state index in [-0.39, 0.29) is 16.1 Å². The number of sulfonamides is 1. The summed E-state index contributed by atoms with van der Waals surface area (Å²) in [5.41, 5.74) is -2.14. The molecule has 0 radical (unpaired) electrons. The van der Waals surface area contributed by atoms with Crippen LogP contribution in [-0.4, -0.2) is 55.3 Å². The molecule has 0 bridgehead atoms. The van der Waals surface area contributed by atoms with Crippen LogP contribution >= 0.6 is 0 Å². The summed E-state index contributed by atoms with van der Waals surface area (Å²) in [5.74, 6) is -1.69. The molecule has 1 aromatic heterocycles. The molecule has 0 saturated carbocycles. The number of esters is 1. The Kier molecular flexibility index (Phi) is 6.69. The summed E-state index contributed by atoms with van der Waals surface area (Å²) in [4.78, 5) is 46.3. The molecule has 0 fully saturated rings. The van der Waals surface area contributed by atoms with Crippen molar-refractivity contribution in [1.29, 1.82) is 0 Å². The maximum atomic E-state index is 12.3. The summed E-state index contributed by atoms with van der Waals surface area (Å²) in [5, 5.41) is 13.5. The van der Waals surface area contributed by atoms with Crippen LogP contribution in [0.4, 0.5) is 11.4 Å². The van der Waals surface area contributed by atoms with E-state index in [1.807, 2.05) is 0 Å². The van der Waals surface area contributed by atoms with Crippen molar-refractivity contribution in [3.8, 4) is 0 Å².